The highest BCUT2D eigenvalue weighted by molar-refractivity contribution is 5.55. The first kappa shape index (κ1) is 13.7. The molecule has 0 fully saturated rings. The number of hydrogen-bond acceptors (Lipinski definition) is 3. The molecule has 0 bridgehead atoms. The van der Waals surface area contributed by atoms with Gasteiger partial charge in [-0.05, 0) is 30.3 Å². The van der Waals surface area contributed by atoms with Gasteiger partial charge in [-0.15, -0.1) is 0 Å². The van der Waals surface area contributed by atoms with Crippen LogP contribution in [0.2, 0.25) is 0 Å². The molecule has 102 valence electrons. The Bertz CT molecular complexity index is 675. The number of hydrogen-bond donors (Lipinski definition) is 1. The van der Waals surface area contributed by atoms with E-state index in [0.29, 0.717) is 0 Å². The Balaban J connectivity index is 2.47. The molecule has 0 radical (unpaired) electrons. The Morgan fingerprint density at radius 2 is 1.75 bits per heavy atom. The number of ether oxygens (including phenoxy) is 1. The Morgan fingerprint density at radius 1 is 1.05 bits per heavy atom. The molecule has 3 nitrogen and oxygen atoms in total. The highest BCUT2D eigenvalue weighted by Gasteiger charge is 2.35. The molecule has 6 heteroatoms. The van der Waals surface area contributed by atoms with Gasteiger partial charge in [0, 0.05) is 0 Å². The average molecular weight is 278 g/mol. The highest BCUT2D eigenvalue weighted by atomic mass is 19.4. The number of rotatable bonds is 2. The number of nitrogen functional groups attached to an aromatic ring is 1. The Morgan fingerprint density at radius 3 is 2.35 bits per heavy atom. The van der Waals surface area contributed by atoms with Crippen LogP contribution in [-0.4, -0.2) is 0 Å². The smallest absolute Gasteiger partial charge is 0.420 e. The molecule has 0 unspecified atom stereocenters. The van der Waals surface area contributed by atoms with Gasteiger partial charge in [-0.25, -0.2) is 0 Å². The van der Waals surface area contributed by atoms with Crippen LogP contribution in [0.4, 0.5) is 18.9 Å². The summed E-state index contributed by atoms with van der Waals surface area (Å²) in [6, 6.07) is 11.0. The molecule has 2 N–H and O–H groups in total. The summed E-state index contributed by atoms with van der Waals surface area (Å²) in [7, 11) is 0. The largest absolute Gasteiger partial charge is 0.455 e. The van der Waals surface area contributed by atoms with Gasteiger partial charge < -0.3 is 10.5 Å². The molecule has 0 aliphatic carbocycles. The third-order valence-corrected chi connectivity index (χ3v) is 2.55. The minimum atomic E-state index is -4.62. The van der Waals surface area contributed by atoms with Crippen LogP contribution < -0.4 is 10.5 Å². The van der Waals surface area contributed by atoms with E-state index in [0.717, 1.165) is 12.1 Å². The van der Waals surface area contributed by atoms with E-state index < -0.39 is 17.5 Å². The second-order valence-electron chi connectivity index (χ2n) is 3.96. The van der Waals surface area contributed by atoms with Gasteiger partial charge in [0.2, 0.25) is 0 Å². The standard InChI is InChI=1S/C14H9F3N2O/c15-14(16,17)10-7-9(8-18)5-6-12(10)20-13-4-2-1-3-11(13)19/h1-7H,19H2. The molecule has 0 aliphatic rings. The van der Waals surface area contributed by atoms with E-state index in [4.69, 9.17) is 15.7 Å². The maximum absolute atomic E-state index is 12.9. The third kappa shape index (κ3) is 2.83. The van der Waals surface area contributed by atoms with Crippen molar-refractivity contribution < 1.29 is 17.9 Å². The number of halogens is 3. The van der Waals surface area contributed by atoms with Gasteiger partial charge in [0.15, 0.2) is 0 Å². The number of benzene rings is 2. The number of nitrogens with two attached hydrogens (primary N) is 1. The summed E-state index contributed by atoms with van der Waals surface area (Å²) in [6.45, 7) is 0. The average Bonchev–Trinajstić information content (AvgIpc) is 2.40. The van der Waals surface area contributed by atoms with Gasteiger partial charge in [0.1, 0.15) is 11.5 Å². The quantitative estimate of drug-likeness (QED) is 0.846. The lowest BCUT2D eigenvalue weighted by Gasteiger charge is -2.14. The highest BCUT2D eigenvalue weighted by Crippen LogP contribution is 2.39. The first-order chi connectivity index (χ1) is 9.41. The molecule has 0 heterocycles. The van der Waals surface area contributed by atoms with Gasteiger partial charge in [-0.1, -0.05) is 12.1 Å². The van der Waals surface area contributed by atoms with E-state index in [2.05, 4.69) is 0 Å². The first-order valence-corrected chi connectivity index (χ1v) is 5.55. The van der Waals surface area contributed by atoms with Crippen LogP contribution in [0.25, 0.3) is 0 Å². The molecular formula is C14H9F3N2O. The van der Waals surface area contributed by atoms with Crippen molar-refractivity contribution in [1.29, 1.82) is 5.26 Å². The van der Waals surface area contributed by atoms with E-state index in [1.807, 2.05) is 0 Å². The van der Waals surface area contributed by atoms with Crippen LogP contribution in [-0.2, 0) is 6.18 Å². The lowest BCUT2D eigenvalue weighted by Crippen LogP contribution is -2.08. The van der Waals surface area contributed by atoms with Crippen LogP contribution in [0.1, 0.15) is 11.1 Å². The monoisotopic (exact) mass is 278 g/mol. The van der Waals surface area contributed by atoms with E-state index in [9.17, 15) is 13.2 Å². The van der Waals surface area contributed by atoms with Crippen molar-refractivity contribution in [3.05, 3.63) is 53.6 Å². The van der Waals surface area contributed by atoms with Crippen molar-refractivity contribution >= 4 is 5.69 Å². The zero-order valence-corrected chi connectivity index (χ0v) is 10.1. The number of nitrogens with zero attached hydrogens (tertiary/aromatic N) is 1. The van der Waals surface area contributed by atoms with Crippen molar-refractivity contribution in [2.75, 3.05) is 5.73 Å². The predicted octanol–water partition coefficient (Wildman–Crippen LogP) is 3.95. The summed E-state index contributed by atoms with van der Waals surface area (Å²) in [4.78, 5) is 0. The molecule has 0 spiro atoms. The Hall–Kier alpha value is -2.68. The first-order valence-electron chi connectivity index (χ1n) is 5.55. The summed E-state index contributed by atoms with van der Waals surface area (Å²) in [5.74, 6) is -0.267. The second-order valence-corrected chi connectivity index (χ2v) is 3.96. The van der Waals surface area contributed by atoms with Crippen molar-refractivity contribution in [1.82, 2.24) is 0 Å². The molecule has 0 atom stereocenters. The fourth-order valence-electron chi connectivity index (χ4n) is 1.60. The van der Waals surface area contributed by atoms with Crippen LogP contribution in [0, 0.1) is 11.3 Å². The molecule has 0 saturated carbocycles. The van der Waals surface area contributed by atoms with E-state index in [-0.39, 0.29) is 17.0 Å². The number of anilines is 1. The molecule has 2 aromatic rings. The molecule has 2 rings (SSSR count). The van der Waals surface area contributed by atoms with Gasteiger partial charge in [0.05, 0.1) is 22.9 Å². The molecule has 0 aliphatic heterocycles. The fourth-order valence-corrected chi connectivity index (χ4v) is 1.60. The van der Waals surface area contributed by atoms with Gasteiger partial charge in [-0.2, -0.15) is 18.4 Å². The van der Waals surface area contributed by atoms with E-state index in [1.54, 1.807) is 18.2 Å². The minimum absolute atomic E-state index is 0.0919. The molecule has 2 aromatic carbocycles. The normalized spacial score (nSPS) is 10.9. The summed E-state index contributed by atoms with van der Waals surface area (Å²) in [6.07, 6.45) is -4.62. The van der Waals surface area contributed by atoms with Crippen LogP contribution in [0.3, 0.4) is 0 Å². The van der Waals surface area contributed by atoms with Crippen LogP contribution in [0.5, 0.6) is 11.5 Å². The number of nitriles is 1. The van der Waals surface area contributed by atoms with Gasteiger partial charge in [-0.3, -0.25) is 0 Å². The van der Waals surface area contributed by atoms with E-state index >= 15 is 0 Å². The number of para-hydroxylation sites is 2. The lowest BCUT2D eigenvalue weighted by molar-refractivity contribution is -0.138. The van der Waals surface area contributed by atoms with Crippen LogP contribution in [0.15, 0.2) is 42.5 Å². The fraction of sp³-hybridized carbons (Fsp3) is 0.0714. The molecule has 0 amide bonds. The lowest BCUT2D eigenvalue weighted by atomic mass is 10.1. The van der Waals surface area contributed by atoms with Crippen LogP contribution >= 0.6 is 0 Å². The van der Waals surface area contributed by atoms with Gasteiger partial charge >= 0.3 is 6.18 Å². The molecular weight excluding hydrogens is 269 g/mol. The minimum Gasteiger partial charge on any atom is -0.455 e. The molecule has 0 aromatic heterocycles. The predicted molar refractivity (Wildman–Crippen MR) is 67.1 cm³/mol. The summed E-state index contributed by atoms with van der Waals surface area (Å²) >= 11 is 0. The Kier molecular flexibility index (Phi) is 3.53. The zero-order chi connectivity index (χ0) is 14.8. The van der Waals surface area contributed by atoms with Crippen molar-refractivity contribution in [2.24, 2.45) is 0 Å². The van der Waals surface area contributed by atoms with Crippen molar-refractivity contribution in [2.45, 2.75) is 6.18 Å². The maximum atomic E-state index is 12.9. The summed E-state index contributed by atoms with van der Waals surface area (Å²) in [5.41, 5.74) is 4.75. The Labute approximate surface area is 113 Å². The molecule has 0 saturated heterocycles. The van der Waals surface area contributed by atoms with Crippen molar-refractivity contribution in [3.8, 4) is 17.6 Å². The zero-order valence-electron chi connectivity index (χ0n) is 10.1. The number of alkyl halides is 3. The van der Waals surface area contributed by atoms with Crippen molar-refractivity contribution in [3.63, 3.8) is 0 Å². The molecule has 20 heavy (non-hydrogen) atoms. The van der Waals surface area contributed by atoms with E-state index in [1.165, 1.54) is 18.2 Å². The summed E-state index contributed by atoms with van der Waals surface area (Å²) < 4.78 is 44.1. The second kappa shape index (κ2) is 5.13. The van der Waals surface area contributed by atoms with Gasteiger partial charge in [0.25, 0.3) is 0 Å². The topological polar surface area (TPSA) is 59.0 Å². The third-order valence-electron chi connectivity index (χ3n) is 2.55. The SMILES string of the molecule is N#Cc1ccc(Oc2ccccc2N)c(C(F)(F)F)c1. The maximum Gasteiger partial charge on any atom is 0.420 e. The summed E-state index contributed by atoms with van der Waals surface area (Å²) in [5, 5.41) is 8.67.